The fourth-order valence-corrected chi connectivity index (χ4v) is 2.66. The average molecular weight is 311 g/mol. The Bertz CT molecular complexity index is 569. The van der Waals surface area contributed by atoms with Crippen LogP contribution >= 0.6 is 0 Å². The van der Waals surface area contributed by atoms with E-state index in [1.165, 1.54) is 37.7 Å². The van der Waals surface area contributed by atoms with Crippen LogP contribution in [0, 0.1) is 0 Å². The van der Waals surface area contributed by atoms with Crippen LogP contribution in [0.25, 0.3) is 0 Å². The SMILES string of the molecule is CN(C)Cc1ccc(C/C=C/CCCCCc2ccccc2)o1. The lowest BCUT2D eigenvalue weighted by molar-refractivity contribution is 0.343. The van der Waals surface area contributed by atoms with Gasteiger partial charge in [0.05, 0.1) is 6.54 Å². The molecule has 0 unspecified atom stereocenters. The zero-order chi connectivity index (χ0) is 16.3. The Morgan fingerprint density at radius 2 is 1.65 bits per heavy atom. The molecule has 1 heterocycles. The molecule has 0 aliphatic rings. The van der Waals surface area contributed by atoms with Crippen LogP contribution in [0.5, 0.6) is 0 Å². The Balaban J connectivity index is 1.54. The van der Waals surface area contributed by atoms with Crippen molar-refractivity contribution in [1.29, 1.82) is 0 Å². The standard InChI is InChI=1S/C21H29NO/c1-22(2)18-21-17-16-20(23-21)15-11-6-4-3-5-8-12-19-13-9-7-10-14-19/h6-7,9-11,13-14,16-17H,3-5,8,12,15,18H2,1-2H3/b11-6+. The summed E-state index contributed by atoms with van der Waals surface area (Å²) in [7, 11) is 4.11. The number of benzene rings is 1. The lowest BCUT2D eigenvalue weighted by atomic mass is 10.1. The summed E-state index contributed by atoms with van der Waals surface area (Å²) in [6.07, 6.45) is 11.6. The topological polar surface area (TPSA) is 16.4 Å². The Kier molecular flexibility index (Phi) is 7.68. The molecule has 0 spiro atoms. The molecule has 2 nitrogen and oxygen atoms in total. The third kappa shape index (κ3) is 7.34. The highest BCUT2D eigenvalue weighted by Crippen LogP contribution is 2.11. The number of hydrogen-bond donors (Lipinski definition) is 0. The molecule has 0 aliphatic heterocycles. The van der Waals surface area contributed by atoms with Crippen molar-refractivity contribution in [3.8, 4) is 0 Å². The number of nitrogens with zero attached hydrogens (tertiary/aromatic N) is 1. The van der Waals surface area contributed by atoms with Crippen molar-refractivity contribution in [2.24, 2.45) is 0 Å². The maximum absolute atomic E-state index is 5.80. The molecule has 0 saturated carbocycles. The summed E-state index contributed by atoms with van der Waals surface area (Å²) in [4.78, 5) is 2.12. The van der Waals surface area contributed by atoms with Crippen LogP contribution in [0.15, 0.2) is 59.0 Å². The van der Waals surface area contributed by atoms with Gasteiger partial charge >= 0.3 is 0 Å². The summed E-state index contributed by atoms with van der Waals surface area (Å²) >= 11 is 0. The van der Waals surface area contributed by atoms with E-state index in [-0.39, 0.29) is 0 Å². The lowest BCUT2D eigenvalue weighted by Gasteiger charge is -2.05. The molecule has 1 aromatic carbocycles. The lowest BCUT2D eigenvalue weighted by Crippen LogP contribution is -2.09. The maximum Gasteiger partial charge on any atom is 0.118 e. The number of hydrogen-bond acceptors (Lipinski definition) is 2. The minimum absolute atomic E-state index is 0.866. The second-order valence-corrected chi connectivity index (χ2v) is 6.37. The molecule has 124 valence electrons. The number of aryl methyl sites for hydroxylation is 1. The van der Waals surface area contributed by atoms with E-state index in [1.807, 2.05) is 0 Å². The van der Waals surface area contributed by atoms with Gasteiger partial charge in [-0.1, -0.05) is 48.9 Å². The Hall–Kier alpha value is -1.80. The number of rotatable bonds is 10. The minimum Gasteiger partial charge on any atom is -0.464 e. The first kappa shape index (κ1) is 17.6. The Morgan fingerprint density at radius 3 is 2.43 bits per heavy atom. The zero-order valence-corrected chi connectivity index (χ0v) is 14.5. The van der Waals surface area contributed by atoms with Gasteiger partial charge in [-0.25, -0.2) is 0 Å². The molecule has 1 aromatic heterocycles. The first-order valence-corrected chi connectivity index (χ1v) is 8.65. The van der Waals surface area contributed by atoms with Gasteiger partial charge in [-0.15, -0.1) is 0 Å². The van der Waals surface area contributed by atoms with Crippen molar-refractivity contribution in [3.63, 3.8) is 0 Å². The van der Waals surface area contributed by atoms with Crippen molar-refractivity contribution < 1.29 is 4.42 Å². The molecule has 0 bridgehead atoms. The first-order chi connectivity index (χ1) is 11.2. The minimum atomic E-state index is 0.866. The molecule has 0 radical (unpaired) electrons. The molecule has 0 atom stereocenters. The van der Waals surface area contributed by atoms with Gasteiger partial charge in [-0.3, -0.25) is 0 Å². The second kappa shape index (κ2) is 10.1. The molecule has 0 aliphatic carbocycles. The summed E-state index contributed by atoms with van der Waals surface area (Å²) in [5.41, 5.74) is 1.45. The van der Waals surface area contributed by atoms with Crippen molar-refractivity contribution in [3.05, 3.63) is 71.7 Å². The van der Waals surface area contributed by atoms with E-state index >= 15 is 0 Å². The molecule has 23 heavy (non-hydrogen) atoms. The van der Waals surface area contributed by atoms with Crippen LogP contribution in [-0.4, -0.2) is 19.0 Å². The van der Waals surface area contributed by atoms with Gasteiger partial charge in [0.2, 0.25) is 0 Å². The zero-order valence-electron chi connectivity index (χ0n) is 14.5. The molecule has 0 amide bonds. The molecule has 0 saturated heterocycles. The van der Waals surface area contributed by atoms with E-state index in [2.05, 4.69) is 73.6 Å². The predicted molar refractivity (Wildman–Crippen MR) is 97.6 cm³/mol. The largest absolute Gasteiger partial charge is 0.464 e. The third-order valence-corrected chi connectivity index (χ3v) is 3.85. The van der Waals surface area contributed by atoms with E-state index < -0.39 is 0 Å². The Labute approximate surface area is 140 Å². The van der Waals surface area contributed by atoms with Crippen molar-refractivity contribution in [2.75, 3.05) is 14.1 Å². The van der Waals surface area contributed by atoms with Crippen molar-refractivity contribution >= 4 is 0 Å². The number of allylic oxidation sites excluding steroid dienone is 2. The monoisotopic (exact) mass is 311 g/mol. The summed E-state index contributed by atoms with van der Waals surface area (Å²) < 4.78 is 5.80. The summed E-state index contributed by atoms with van der Waals surface area (Å²) in [6, 6.07) is 14.9. The van der Waals surface area contributed by atoms with E-state index in [9.17, 15) is 0 Å². The van der Waals surface area contributed by atoms with Crippen LogP contribution < -0.4 is 0 Å². The quantitative estimate of drug-likeness (QED) is 0.440. The van der Waals surface area contributed by atoms with E-state index in [0.717, 1.165) is 24.5 Å². The normalized spacial score (nSPS) is 11.6. The van der Waals surface area contributed by atoms with Crippen LogP contribution in [-0.2, 0) is 19.4 Å². The van der Waals surface area contributed by atoms with Crippen LogP contribution in [0.4, 0.5) is 0 Å². The number of unbranched alkanes of at least 4 members (excludes halogenated alkanes) is 3. The average Bonchev–Trinajstić information content (AvgIpc) is 2.97. The fourth-order valence-electron chi connectivity index (χ4n) is 2.66. The van der Waals surface area contributed by atoms with Crippen molar-refractivity contribution in [2.45, 2.75) is 45.1 Å². The molecular formula is C21H29NO. The highest BCUT2D eigenvalue weighted by molar-refractivity contribution is 5.14. The number of furan rings is 1. The van der Waals surface area contributed by atoms with Gasteiger partial charge in [0.25, 0.3) is 0 Å². The molecule has 2 rings (SSSR count). The molecule has 0 N–H and O–H groups in total. The van der Waals surface area contributed by atoms with Crippen LogP contribution in [0.3, 0.4) is 0 Å². The van der Waals surface area contributed by atoms with Gasteiger partial charge in [0.1, 0.15) is 11.5 Å². The summed E-state index contributed by atoms with van der Waals surface area (Å²) in [5, 5.41) is 0. The molecule has 2 heteroatoms. The molecule has 0 fully saturated rings. The third-order valence-electron chi connectivity index (χ3n) is 3.85. The fraction of sp³-hybridized carbons (Fsp3) is 0.429. The van der Waals surface area contributed by atoms with Gasteiger partial charge in [-0.2, -0.15) is 0 Å². The molecular weight excluding hydrogens is 282 g/mol. The van der Waals surface area contributed by atoms with E-state index in [1.54, 1.807) is 0 Å². The Morgan fingerprint density at radius 1 is 0.870 bits per heavy atom. The smallest absolute Gasteiger partial charge is 0.118 e. The van der Waals surface area contributed by atoms with Gasteiger partial charge in [0, 0.05) is 6.42 Å². The highest BCUT2D eigenvalue weighted by Gasteiger charge is 2.01. The first-order valence-electron chi connectivity index (χ1n) is 8.65. The summed E-state index contributed by atoms with van der Waals surface area (Å²) in [6.45, 7) is 0.866. The van der Waals surface area contributed by atoms with Crippen molar-refractivity contribution in [1.82, 2.24) is 4.90 Å². The van der Waals surface area contributed by atoms with E-state index in [0.29, 0.717) is 0 Å². The second-order valence-electron chi connectivity index (χ2n) is 6.37. The van der Waals surface area contributed by atoms with Gasteiger partial charge < -0.3 is 9.32 Å². The van der Waals surface area contributed by atoms with Crippen LogP contribution in [0.1, 0.15) is 42.8 Å². The van der Waals surface area contributed by atoms with E-state index in [4.69, 9.17) is 4.42 Å². The highest BCUT2D eigenvalue weighted by atomic mass is 16.3. The van der Waals surface area contributed by atoms with Gasteiger partial charge in [-0.05, 0) is 57.5 Å². The van der Waals surface area contributed by atoms with Gasteiger partial charge in [0.15, 0.2) is 0 Å². The molecule has 2 aromatic rings. The summed E-state index contributed by atoms with van der Waals surface area (Å²) in [5.74, 6) is 2.10. The predicted octanol–water partition coefficient (Wildman–Crippen LogP) is 5.24. The maximum atomic E-state index is 5.80. The van der Waals surface area contributed by atoms with Crippen LogP contribution in [0.2, 0.25) is 0 Å².